The van der Waals surface area contributed by atoms with E-state index in [0.717, 1.165) is 18.8 Å². The molecule has 0 aliphatic carbocycles. The number of hydrogen-bond acceptors (Lipinski definition) is 3. The van der Waals surface area contributed by atoms with Crippen molar-refractivity contribution in [2.45, 2.75) is 13.8 Å². The smallest absolute Gasteiger partial charge is 0.0801 e. The van der Waals surface area contributed by atoms with E-state index in [-0.39, 0.29) is 0 Å². The fourth-order valence-corrected chi connectivity index (χ4v) is 1.59. The lowest BCUT2D eigenvalue weighted by atomic mass is 10.3. The van der Waals surface area contributed by atoms with Crippen molar-refractivity contribution in [1.29, 1.82) is 0 Å². The Morgan fingerprint density at radius 1 is 1.67 bits per heavy atom. The number of nitrogens with one attached hydrogen (secondary N) is 1. The largest absolute Gasteiger partial charge is 0.314 e. The molecule has 0 atom stereocenters. The Balaban J connectivity index is 2.41. The van der Waals surface area contributed by atoms with Crippen LogP contribution in [0.5, 0.6) is 0 Å². The van der Waals surface area contributed by atoms with Crippen molar-refractivity contribution in [3.05, 3.63) is 22.2 Å². The molecular weight excluding hydrogens is 168 g/mol. The minimum Gasteiger partial charge on any atom is -0.314 e. The molecule has 1 rings (SSSR count). The molecule has 0 spiro atoms. The molecule has 0 radical (unpaired) electrons. The zero-order valence-electron chi connectivity index (χ0n) is 7.50. The van der Waals surface area contributed by atoms with Gasteiger partial charge in [-0.15, -0.1) is 11.3 Å². The molecule has 1 aromatic heterocycles. The third kappa shape index (κ3) is 2.75. The van der Waals surface area contributed by atoms with E-state index in [1.54, 1.807) is 11.3 Å². The first-order chi connectivity index (χ1) is 5.84. The summed E-state index contributed by atoms with van der Waals surface area (Å²) in [6, 6.07) is 0. The molecule has 1 aromatic rings. The van der Waals surface area contributed by atoms with Crippen LogP contribution in [0.3, 0.4) is 0 Å². The number of likely N-dealkylation sites (N-methyl/N-ethyl adjacent to an activating group) is 1. The van der Waals surface area contributed by atoms with E-state index in [2.05, 4.69) is 29.4 Å². The van der Waals surface area contributed by atoms with Gasteiger partial charge in [-0.05, 0) is 19.5 Å². The van der Waals surface area contributed by atoms with E-state index in [9.17, 15) is 0 Å². The number of nitrogens with zero attached hydrogens (tertiary/aromatic N) is 1. The van der Waals surface area contributed by atoms with Gasteiger partial charge in [0, 0.05) is 11.4 Å². The Kier molecular flexibility index (Phi) is 3.97. The van der Waals surface area contributed by atoms with Gasteiger partial charge in [-0.2, -0.15) is 0 Å². The molecular formula is C9H14N2S. The summed E-state index contributed by atoms with van der Waals surface area (Å²) in [4.78, 5) is 5.42. The van der Waals surface area contributed by atoms with Gasteiger partial charge in [-0.1, -0.05) is 13.0 Å². The number of rotatable bonds is 4. The average Bonchev–Trinajstić information content (AvgIpc) is 2.46. The molecule has 0 bridgehead atoms. The molecule has 0 amide bonds. The van der Waals surface area contributed by atoms with Crippen LogP contribution in [0.25, 0.3) is 6.08 Å². The van der Waals surface area contributed by atoms with E-state index in [1.165, 1.54) is 4.88 Å². The van der Waals surface area contributed by atoms with Crippen LogP contribution in [0.4, 0.5) is 0 Å². The highest BCUT2D eigenvalue weighted by molar-refractivity contribution is 7.10. The van der Waals surface area contributed by atoms with Crippen molar-refractivity contribution >= 4 is 17.4 Å². The topological polar surface area (TPSA) is 24.9 Å². The molecule has 0 fully saturated rings. The molecule has 0 aromatic carbocycles. The highest BCUT2D eigenvalue weighted by Crippen LogP contribution is 2.13. The predicted molar refractivity (Wildman–Crippen MR) is 54.4 cm³/mol. The van der Waals surface area contributed by atoms with Gasteiger partial charge in [0.2, 0.25) is 0 Å². The summed E-state index contributed by atoms with van der Waals surface area (Å²) < 4.78 is 0. The van der Waals surface area contributed by atoms with Crippen molar-refractivity contribution in [3.8, 4) is 0 Å². The van der Waals surface area contributed by atoms with Crippen molar-refractivity contribution in [2.75, 3.05) is 13.1 Å². The van der Waals surface area contributed by atoms with Crippen molar-refractivity contribution in [3.63, 3.8) is 0 Å². The summed E-state index contributed by atoms with van der Waals surface area (Å²) in [6.45, 7) is 6.09. The molecule has 1 N–H and O–H groups in total. The third-order valence-corrected chi connectivity index (χ3v) is 2.46. The summed E-state index contributed by atoms with van der Waals surface area (Å²) in [6.07, 6.45) is 4.25. The lowest BCUT2D eigenvalue weighted by molar-refractivity contribution is 0.801. The van der Waals surface area contributed by atoms with E-state index in [4.69, 9.17) is 0 Å². The normalized spacial score (nSPS) is 11.2. The van der Waals surface area contributed by atoms with Gasteiger partial charge in [0.15, 0.2) is 0 Å². The minimum atomic E-state index is 0.938. The monoisotopic (exact) mass is 182 g/mol. The second-order valence-electron chi connectivity index (χ2n) is 2.51. The van der Waals surface area contributed by atoms with Gasteiger partial charge in [-0.3, -0.25) is 0 Å². The van der Waals surface area contributed by atoms with Crippen LogP contribution in [0.2, 0.25) is 0 Å². The summed E-state index contributed by atoms with van der Waals surface area (Å²) >= 11 is 1.68. The first-order valence-corrected chi connectivity index (χ1v) is 5.00. The molecule has 0 saturated heterocycles. The second-order valence-corrected chi connectivity index (χ2v) is 3.40. The Morgan fingerprint density at radius 2 is 2.50 bits per heavy atom. The van der Waals surface area contributed by atoms with Crippen LogP contribution >= 0.6 is 11.3 Å². The summed E-state index contributed by atoms with van der Waals surface area (Å²) in [5.74, 6) is 0. The summed E-state index contributed by atoms with van der Waals surface area (Å²) in [5.41, 5.74) is 3.00. The van der Waals surface area contributed by atoms with E-state index in [0.29, 0.717) is 0 Å². The van der Waals surface area contributed by atoms with Gasteiger partial charge in [0.25, 0.3) is 0 Å². The van der Waals surface area contributed by atoms with Crippen LogP contribution in [-0.4, -0.2) is 18.1 Å². The lowest BCUT2D eigenvalue weighted by Crippen LogP contribution is -2.11. The van der Waals surface area contributed by atoms with Gasteiger partial charge in [0.05, 0.1) is 11.2 Å². The number of aryl methyl sites for hydroxylation is 1. The standard InChI is InChI=1S/C9H14N2S/c1-3-10-6-4-5-9-8(2)11-7-12-9/h4-5,7,10H,3,6H2,1-2H3. The number of aromatic nitrogens is 1. The minimum absolute atomic E-state index is 0.938. The maximum Gasteiger partial charge on any atom is 0.0801 e. The Bertz CT molecular complexity index is 253. The van der Waals surface area contributed by atoms with Gasteiger partial charge in [-0.25, -0.2) is 4.98 Å². The first kappa shape index (κ1) is 9.42. The van der Waals surface area contributed by atoms with E-state index >= 15 is 0 Å². The highest BCUT2D eigenvalue weighted by atomic mass is 32.1. The van der Waals surface area contributed by atoms with Gasteiger partial charge >= 0.3 is 0 Å². The van der Waals surface area contributed by atoms with E-state index in [1.807, 2.05) is 12.4 Å². The zero-order valence-corrected chi connectivity index (χ0v) is 8.32. The maximum atomic E-state index is 4.16. The molecule has 2 nitrogen and oxygen atoms in total. The zero-order chi connectivity index (χ0) is 8.81. The first-order valence-electron chi connectivity index (χ1n) is 4.12. The molecule has 0 aliphatic rings. The average molecular weight is 182 g/mol. The summed E-state index contributed by atoms with van der Waals surface area (Å²) in [5, 5.41) is 3.23. The molecule has 66 valence electrons. The van der Waals surface area contributed by atoms with E-state index < -0.39 is 0 Å². The summed E-state index contributed by atoms with van der Waals surface area (Å²) in [7, 11) is 0. The van der Waals surface area contributed by atoms with Crippen LogP contribution in [-0.2, 0) is 0 Å². The van der Waals surface area contributed by atoms with Crippen LogP contribution < -0.4 is 5.32 Å². The predicted octanol–water partition coefficient (Wildman–Crippen LogP) is 2.07. The number of thiazole rings is 1. The maximum absolute atomic E-state index is 4.16. The highest BCUT2D eigenvalue weighted by Gasteiger charge is 1.93. The van der Waals surface area contributed by atoms with Crippen molar-refractivity contribution in [2.24, 2.45) is 0 Å². The quantitative estimate of drug-likeness (QED) is 0.721. The van der Waals surface area contributed by atoms with Crippen LogP contribution in [0.1, 0.15) is 17.5 Å². The van der Waals surface area contributed by atoms with Crippen LogP contribution in [0.15, 0.2) is 11.6 Å². The van der Waals surface area contributed by atoms with Crippen molar-refractivity contribution < 1.29 is 0 Å². The number of hydrogen-bond donors (Lipinski definition) is 1. The molecule has 1 heterocycles. The molecule has 12 heavy (non-hydrogen) atoms. The van der Waals surface area contributed by atoms with Gasteiger partial charge < -0.3 is 5.32 Å². The molecule has 3 heteroatoms. The lowest BCUT2D eigenvalue weighted by Gasteiger charge is -1.92. The van der Waals surface area contributed by atoms with Crippen LogP contribution in [0, 0.1) is 6.92 Å². The second kappa shape index (κ2) is 5.06. The fourth-order valence-electron chi connectivity index (χ4n) is 0.865. The SMILES string of the molecule is CCNCC=Cc1scnc1C. The third-order valence-electron chi connectivity index (χ3n) is 1.56. The Labute approximate surface area is 77.3 Å². The van der Waals surface area contributed by atoms with Gasteiger partial charge in [0.1, 0.15) is 0 Å². The Hall–Kier alpha value is -0.670. The Morgan fingerprint density at radius 3 is 3.08 bits per heavy atom. The molecule has 0 aliphatic heterocycles. The fraction of sp³-hybridized carbons (Fsp3) is 0.444. The van der Waals surface area contributed by atoms with Crippen molar-refractivity contribution in [1.82, 2.24) is 10.3 Å². The molecule has 0 unspecified atom stereocenters. The molecule has 0 saturated carbocycles.